The Bertz CT molecular complexity index is 390. The van der Waals surface area contributed by atoms with E-state index in [2.05, 4.69) is 38.1 Å². The van der Waals surface area contributed by atoms with E-state index in [0.717, 1.165) is 30.2 Å². The summed E-state index contributed by atoms with van der Waals surface area (Å²) >= 11 is 6.27. The molecule has 3 nitrogen and oxygen atoms in total. The Labute approximate surface area is 116 Å². The van der Waals surface area contributed by atoms with Gasteiger partial charge in [-0.3, -0.25) is 4.68 Å². The highest BCUT2D eigenvalue weighted by atomic mass is 35.5. The van der Waals surface area contributed by atoms with E-state index in [4.69, 9.17) is 11.6 Å². The first-order valence-corrected chi connectivity index (χ1v) is 7.06. The van der Waals surface area contributed by atoms with Gasteiger partial charge in [-0.05, 0) is 31.7 Å². The van der Waals surface area contributed by atoms with Crippen LogP contribution in [0.4, 0.5) is 0 Å². The first-order chi connectivity index (χ1) is 8.27. The van der Waals surface area contributed by atoms with Crippen LogP contribution in [0.15, 0.2) is 0 Å². The van der Waals surface area contributed by atoms with Crippen LogP contribution in [0.25, 0.3) is 0 Å². The van der Waals surface area contributed by atoms with E-state index >= 15 is 0 Å². The lowest BCUT2D eigenvalue weighted by molar-refractivity contribution is 0.258. The summed E-state index contributed by atoms with van der Waals surface area (Å²) in [7, 11) is 1.89. The van der Waals surface area contributed by atoms with Gasteiger partial charge < -0.3 is 5.32 Å². The fourth-order valence-electron chi connectivity index (χ4n) is 2.33. The molecule has 18 heavy (non-hydrogen) atoms. The van der Waals surface area contributed by atoms with Crippen LogP contribution in [0.3, 0.4) is 0 Å². The normalized spacial score (nSPS) is 13.9. The van der Waals surface area contributed by atoms with Crippen LogP contribution in [-0.2, 0) is 13.5 Å². The van der Waals surface area contributed by atoms with Gasteiger partial charge in [0.2, 0.25) is 0 Å². The highest BCUT2D eigenvalue weighted by molar-refractivity contribution is 6.30. The molecule has 0 amide bonds. The van der Waals surface area contributed by atoms with Gasteiger partial charge in [0.1, 0.15) is 5.15 Å². The Balaban J connectivity index is 2.73. The maximum absolute atomic E-state index is 6.27. The molecule has 0 aliphatic rings. The molecular formula is C14H26ClN3. The summed E-state index contributed by atoms with van der Waals surface area (Å²) in [6, 6.07) is 0.498. The fraction of sp³-hybridized carbons (Fsp3) is 0.786. The summed E-state index contributed by atoms with van der Waals surface area (Å²) in [5, 5.41) is 8.70. The number of rotatable bonds is 5. The Kier molecular flexibility index (Phi) is 5.23. The zero-order valence-electron chi connectivity index (χ0n) is 12.5. The molecule has 0 saturated heterocycles. The third-order valence-electron chi connectivity index (χ3n) is 3.45. The average molecular weight is 272 g/mol. The minimum atomic E-state index is 0.262. The quantitative estimate of drug-likeness (QED) is 0.890. The lowest BCUT2D eigenvalue weighted by atomic mass is 9.83. The van der Waals surface area contributed by atoms with Gasteiger partial charge >= 0.3 is 0 Å². The van der Waals surface area contributed by atoms with Gasteiger partial charge in [0, 0.05) is 18.7 Å². The van der Waals surface area contributed by atoms with E-state index < -0.39 is 0 Å². The van der Waals surface area contributed by atoms with E-state index in [0.29, 0.717) is 6.04 Å². The lowest BCUT2D eigenvalue weighted by Crippen LogP contribution is -2.40. The van der Waals surface area contributed by atoms with Crippen LogP contribution >= 0.6 is 11.6 Å². The van der Waals surface area contributed by atoms with E-state index in [1.54, 1.807) is 4.68 Å². The summed E-state index contributed by atoms with van der Waals surface area (Å²) in [5.74, 6) is 0. The highest BCUT2D eigenvalue weighted by Crippen LogP contribution is 2.26. The standard InChI is InChI=1S/C14H26ClN3/c1-7-16-12(14(3,4)5)9-8-11-10(2)17-18(6)13(11)15/h12,16H,7-9H2,1-6H3. The molecule has 0 saturated carbocycles. The van der Waals surface area contributed by atoms with Crippen molar-refractivity contribution in [3.05, 3.63) is 16.4 Å². The first-order valence-electron chi connectivity index (χ1n) is 6.68. The Morgan fingerprint density at radius 1 is 1.39 bits per heavy atom. The number of nitrogens with one attached hydrogen (secondary N) is 1. The largest absolute Gasteiger partial charge is 0.314 e. The van der Waals surface area contributed by atoms with Gasteiger partial charge in [-0.1, -0.05) is 39.3 Å². The molecule has 1 atom stereocenters. The second kappa shape index (κ2) is 6.07. The SMILES string of the molecule is CCNC(CCc1c(C)nn(C)c1Cl)C(C)(C)C. The number of hydrogen-bond donors (Lipinski definition) is 1. The minimum absolute atomic E-state index is 0.262. The highest BCUT2D eigenvalue weighted by Gasteiger charge is 2.24. The first kappa shape index (κ1) is 15.5. The average Bonchev–Trinajstić information content (AvgIpc) is 2.48. The Hall–Kier alpha value is -0.540. The van der Waals surface area contributed by atoms with Crippen molar-refractivity contribution < 1.29 is 0 Å². The van der Waals surface area contributed by atoms with Crippen LogP contribution < -0.4 is 5.32 Å². The van der Waals surface area contributed by atoms with Crippen LogP contribution in [0.1, 0.15) is 45.4 Å². The van der Waals surface area contributed by atoms with Gasteiger partial charge in [-0.15, -0.1) is 0 Å². The van der Waals surface area contributed by atoms with Crippen molar-refractivity contribution in [3.63, 3.8) is 0 Å². The van der Waals surface area contributed by atoms with Crippen molar-refractivity contribution in [1.82, 2.24) is 15.1 Å². The molecule has 104 valence electrons. The third kappa shape index (κ3) is 3.72. The molecular weight excluding hydrogens is 246 g/mol. The van der Waals surface area contributed by atoms with E-state index in [1.165, 1.54) is 5.56 Å². The molecule has 1 N–H and O–H groups in total. The van der Waals surface area contributed by atoms with Crippen molar-refractivity contribution in [3.8, 4) is 0 Å². The zero-order chi connectivity index (χ0) is 13.9. The second-order valence-electron chi connectivity index (χ2n) is 5.99. The van der Waals surface area contributed by atoms with E-state index in [-0.39, 0.29) is 5.41 Å². The summed E-state index contributed by atoms with van der Waals surface area (Å²) in [6.07, 6.45) is 2.07. The van der Waals surface area contributed by atoms with Crippen LogP contribution in [0, 0.1) is 12.3 Å². The molecule has 0 aliphatic carbocycles. The maximum Gasteiger partial charge on any atom is 0.130 e. The summed E-state index contributed by atoms with van der Waals surface area (Å²) in [4.78, 5) is 0. The predicted molar refractivity (Wildman–Crippen MR) is 78.2 cm³/mol. The fourth-order valence-corrected chi connectivity index (χ4v) is 2.60. The van der Waals surface area contributed by atoms with Gasteiger partial charge in [0.25, 0.3) is 0 Å². The van der Waals surface area contributed by atoms with Crippen molar-refractivity contribution in [1.29, 1.82) is 0 Å². The number of aromatic nitrogens is 2. The van der Waals surface area contributed by atoms with Crippen LogP contribution in [-0.4, -0.2) is 22.4 Å². The number of aryl methyl sites for hydroxylation is 2. The molecule has 1 aromatic rings. The molecule has 0 aliphatic heterocycles. The molecule has 0 spiro atoms. The molecule has 1 unspecified atom stereocenters. The smallest absolute Gasteiger partial charge is 0.130 e. The molecule has 0 radical (unpaired) electrons. The van der Waals surface area contributed by atoms with Gasteiger partial charge in [-0.2, -0.15) is 5.10 Å². The van der Waals surface area contributed by atoms with Crippen molar-refractivity contribution in [2.75, 3.05) is 6.54 Å². The molecule has 1 rings (SSSR count). The van der Waals surface area contributed by atoms with Crippen LogP contribution in [0.5, 0.6) is 0 Å². The van der Waals surface area contributed by atoms with Gasteiger partial charge in [-0.25, -0.2) is 0 Å². The zero-order valence-corrected chi connectivity index (χ0v) is 13.2. The monoisotopic (exact) mass is 271 g/mol. The minimum Gasteiger partial charge on any atom is -0.314 e. The van der Waals surface area contributed by atoms with Gasteiger partial charge in [0.05, 0.1) is 5.69 Å². The third-order valence-corrected chi connectivity index (χ3v) is 3.92. The van der Waals surface area contributed by atoms with Crippen LogP contribution in [0.2, 0.25) is 5.15 Å². The molecule has 0 bridgehead atoms. The molecule has 0 aromatic carbocycles. The van der Waals surface area contributed by atoms with Crippen molar-refractivity contribution in [2.24, 2.45) is 12.5 Å². The molecule has 1 heterocycles. The number of hydrogen-bond acceptors (Lipinski definition) is 2. The topological polar surface area (TPSA) is 29.9 Å². The molecule has 0 fully saturated rings. The van der Waals surface area contributed by atoms with Crippen molar-refractivity contribution >= 4 is 11.6 Å². The number of halogens is 1. The predicted octanol–water partition coefficient (Wildman–Crippen LogP) is 3.34. The second-order valence-corrected chi connectivity index (χ2v) is 6.35. The lowest BCUT2D eigenvalue weighted by Gasteiger charge is -2.31. The van der Waals surface area contributed by atoms with E-state index in [1.807, 2.05) is 14.0 Å². The Morgan fingerprint density at radius 3 is 2.39 bits per heavy atom. The summed E-state index contributed by atoms with van der Waals surface area (Å²) in [5.41, 5.74) is 2.50. The van der Waals surface area contributed by atoms with Crippen molar-refractivity contribution in [2.45, 2.75) is 53.5 Å². The number of nitrogens with zero attached hydrogens (tertiary/aromatic N) is 2. The molecule has 4 heteroatoms. The van der Waals surface area contributed by atoms with E-state index in [9.17, 15) is 0 Å². The summed E-state index contributed by atoms with van der Waals surface area (Å²) in [6.45, 7) is 12.0. The Morgan fingerprint density at radius 2 is 2.00 bits per heavy atom. The van der Waals surface area contributed by atoms with Gasteiger partial charge in [0.15, 0.2) is 0 Å². The summed E-state index contributed by atoms with van der Waals surface area (Å²) < 4.78 is 1.76. The maximum atomic E-state index is 6.27. The molecule has 1 aromatic heterocycles.